The molecule has 0 aliphatic rings. The number of hydrogen-bond donors (Lipinski definition) is 1. The van der Waals surface area contributed by atoms with Gasteiger partial charge >= 0.3 is 0 Å². The molecular formula is C9H13NO2S. The van der Waals surface area contributed by atoms with Gasteiger partial charge in [-0.1, -0.05) is 0 Å². The van der Waals surface area contributed by atoms with Crippen molar-refractivity contribution >= 4 is 12.6 Å². The lowest BCUT2D eigenvalue weighted by atomic mass is 10.2. The fourth-order valence-electron chi connectivity index (χ4n) is 1.17. The van der Waals surface area contributed by atoms with Gasteiger partial charge in [-0.05, 0) is 6.92 Å². The summed E-state index contributed by atoms with van der Waals surface area (Å²) in [5.41, 5.74) is 1.90. The summed E-state index contributed by atoms with van der Waals surface area (Å²) < 4.78 is 10.3. The molecule has 1 aromatic rings. The fourth-order valence-corrected chi connectivity index (χ4v) is 1.49. The van der Waals surface area contributed by atoms with Gasteiger partial charge in [0, 0.05) is 11.3 Å². The minimum atomic E-state index is 0.603. The molecule has 4 heteroatoms. The SMILES string of the molecule is COc1cnc(CS)c(C)c1OC. The van der Waals surface area contributed by atoms with E-state index in [1.54, 1.807) is 20.4 Å². The number of ether oxygens (including phenoxy) is 2. The molecule has 3 nitrogen and oxygen atoms in total. The molecule has 1 rings (SSSR count). The van der Waals surface area contributed by atoms with Gasteiger partial charge in [0.15, 0.2) is 11.5 Å². The third kappa shape index (κ3) is 1.88. The Balaban J connectivity index is 3.23. The third-order valence-corrected chi connectivity index (χ3v) is 2.21. The molecule has 0 unspecified atom stereocenters. The van der Waals surface area contributed by atoms with E-state index < -0.39 is 0 Å². The summed E-state index contributed by atoms with van der Waals surface area (Å²) >= 11 is 4.17. The normalized spacial score (nSPS) is 9.85. The summed E-state index contributed by atoms with van der Waals surface area (Å²) in [6, 6.07) is 0. The van der Waals surface area contributed by atoms with E-state index in [0.717, 1.165) is 17.0 Å². The summed E-state index contributed by atoms with van der Waals surface area (Å²) in [6.07, 6.45) is 1.65. The largest absolute Gasteiger partial charge is 0.492 e. The van der Waals surface area contributed by atoms with Crippen LogP contribution >= 0.6 is 12.6 Å². The van der Waals surface area contributed by atoms with Crippen molar-refractivity contribution in [3.05, 3.63) is 17.5 Å². The van der Waals surface area contributed by atoms with Gasteiger partial charge in [0.1, 0.15) is 0 Å². The molecule has 0 radical (unpaired) electrons. The maximum Gasteiger partial charge on any atom is 0.179 e. The van der Waals surface area contributed by atoms with Crippen molar-refractivity contribution in [1.29, 1.82) is 0 Å². The first-order chi connectivity index (χ1) is 6.24. The second kappa shape index (κ2) is 4.37. The highest BCUT2D eigenvalue weighted by molar-refractivity contribution is 7.79. The highest BCUT2D eigenvalue weighted by Crippen LogP contribution is 2.31. The van der Waals surface area contributed by atoms with Gasteiger partial charge < -0.3 is 9.47 Å². The minimum absolute atomic E-state index is 0.603. The Bertz CT molecular complexity index is 302. The van der Waals surface area contributed by atoms with Crippen LogP contribution in [0.25, 0.3) is 0 Å². The van der Waals surface area contributed by atoms with Crippen LogP contribution in [0.1, 0.15) is 11.3 Å². The first-order valence-electron chi connectivity index (χ1n) is 3.92. The monoisotopic (exact) mass is 199 g/mol. The van der Waals surface area contributed by atoms with Crippen LogP contribution in [0.4, 0.5) is 0 Å². The predicted octanol–water partition coefficient (Wildman–Crippen LogP) is 1.84. The van der Waals surface area contributed by atoms with E-state index in [4.69, 9.17) is 9.47 Å². The smallest absolute Gasteiger partial charge is 0.179 e. The standard InChI is InChI=1S/C9H13NO2S/c1-6-7(5-13)10-4-8(11-2)9(6)12-3/h4,13H,5H2,1-3H3. The molecule has 0 saturated carbocycles. The topological polar surface area (TPSA) is 31.4 Å². The van der Waals surface area contributed by atoms with E-state index in [9.17, 15) is 0 Å². The van der Waals surface area contributed by atoms with Gasteiger partial charge in [-0.15, -0.1) is 0 Å². The van der Waals surface area contributed by atoms with Gasteiger partial charge in [-0.2, -0.15) is 12.6 Å². The maximum absolute atomic E-state index is 5.21. The van der Waals surface area contributed by atoms with Crippen molar-refractivity contribution in [2.75, 3.05) is 14.2 Å². The van der Waals surface area contributed by atoms with Gasteiger partial charge in [-0.3, -0.25) is 4.98 Å². The lowest BCUT2D eigenvalue weighted by molar-refractivity contribution is 0.350. The quantitative estimate of drug-likeness (QED) is 0.754. The average Bonchev–Trinajstić information content (AvgIpc) is 2.17. The molecule has 0 saturated heterocycles. The summed E-state index contributed by atoms with van der Waals surface area (Å²) in [4.78, 5) is 4.19. The van der Waals surface area contributed by atoms with Crippen LogP contribution in [0.15, 0.2) is 6.20 Å². The van der Waals surface area contributed by atoms with E-state index >= 15 is 0 Å². The lowest BCUT2D eigenvalue weighted by Gasteiger charge is -2.11. The third-order valence-electron chi connectivity index (χ3n) is 1.91. The zero-order valence-corrected chi connectivity index (χ0v) is 8.89. The molecule has 0 amide bonds. The van der Waals surface area contributed by atoms with Gasteiger partial charge in [0.2, 0.25) is 0 Å². The molecule has 0 atom stereocenters. The van der Waals surface area contributed by atoms with Crippen LogP contribution in [0.5, 0.6) is 11.5 Å². The molecule has 0 fully saturated rings. The van der Waals surface area contributed by atoms with Crippen molar-refractivity contribution in [3.8, 4) is 11.5 Å². The van der Waals surface area contributed by atoms with Crippen molar-refractivity contribution < 1.29 is 9.47 Å². The Morgan fingerprint density at radius 2 is 2.08 bits per heavy atom. The van der Waals surface area contributed by atoms with Crippen LogP contribution in [0.3, 0.4) is 0 Å². The van der Waals surface area contributed by atoms with Crippen LogP contribution in [0, 0.1) is 6.92 Å². The molecule has 72 valence electrons. The Morgan fingerprint density at radius 3 is 2.54 bits per heavy atom. The van der Waals surface area contributed by atoms with Crippen LogP contribution in [0.2, 0.25) is 0 Å². The molecule has 0 aliphatic carbocycles. The van der Waals surface area contributed by atoms with E-state index in [1.807, 2.05) is 6.92 Å². The van der Waals surface area contributed by atoms with Gasteiger partial charge in [-0.25, -0.2) is 0 Å². The number of pyridine rings is 1. The summed E-state index contributed by atoms with van der Waals surface area (Å²) in [5.74, 6) is 2.00. The number of methoxy groups -OCH3 is 2. The van der Waals surface area contributed by atoms with Gasteiger partial charge in [0.25, 0.3) is 0 Å². The molecule has 0 spiro atoms. The molecule has 0 N–H and O–H groups in total. The molecule has 0 aliphatic heterocycles. The van der Waals surface area contributed by atoms with E-state index in [-0.39, 0.29) is 0 Å². The van der Waals surface area contributed by atoms with Crippen molar-refractivity contribution in [3.63, 3.8) is 0 Å². The molecule has 0 aromatic carbocycles. The van der Waals surface area contributed by atoms with Gasteiger partial charge in [0.05, 0.1) is 26.1 Å². The number of aromatic nitrogens is 1. The zero-order chi connectivity index (χ0) is 9.84. The van der Waals surface area contributed by atoms with E-state index in [2.05, 4.69) is 17.6 Å². The first kappa shape index (κ1) is 10.2. The Labute approximate surface area is 83.5 Å². The van der Waals surface area contributed by atoms with Crippen molar-refractivity contribution in [2.24, 2.45) is 0 Å². The number of hydrogen-bond acceptors (Lipinski definition) is 4. The van der Waals surface area contributed by atoms with E-state index in [1.165, 1.54) is 0 Å². The summed E-state index contributed by atoms with van der Waals surface area (Å²) in [5, 5.41) is 0. The molecule has 1 aromatic heterocycles. The number of nitrogens with zero attached hydrogens (tertiary/aromatic N) is 1. The highest BCUT2D eigenvalue weighted by atomic mass is 32.1. The zero-order valence-electron chi connectivity index (χ0n) is 8.00. The highest BCUT2D eigenvalue weighted by Gasteiger charge is 2.10. The second-order valence-electron chi connectivity index (χ2n) is 2.59. The molecule has 1 heterocycles. The maximum atomic E-state index is 5.21. The lowest BCUT2D eigenvalue weighted by Crippen LogP contribution is -1.98. The molecule has 0 bridgehead atoms. The number of thiol groups is 1. The van der Waals surface area contributed by atoms with Crippen molar-refractivity contribution in [1.82, 2.24) is 4.98 Å². The van der Waals surface area contributed by atoms with Crippen LogP contribution < -0.4 is 9.47 Å². The fraction of sp³-hybridized carbons (Fsp3) is 0.444. The second-order valence-corrected chi connectivity index (χ2v) is 2.91. The summed E-state index contributed by atoms with van der Waals surface area (Å²) in [6.45, 7) is 1.94. The minimum Gasteiger partial charge on any atom is -0.492 e. The first-order valence-corrected chi connectivity index (χ1v) is 4.55. The summed E-state index contributed by atoms with van der Waals surface area (Å²) in [7, 11) is 3.21. The van der Waals surface area contributed by atoms with Crippen molar-refractivity contribution in [2.45, 2.75) is 12.7 Å². The predicted molar refractivity (Wildman–Crippen MR) is 54.8 cm³/mol. The van der Waals surface area contributed by atoms with Crippen LogP contribution in [-0.4, -0.2) is 19.2 Å². The van der Waals surface area contributed by atoms with Crippen LogP contribution in [-0.2, 0) is 5.75 Å². The molecular weight excluding hydrogens is 186 g/mol. The molecule has 13 heavy (non-hydrogen) atoms. The van der Waals surface area contributed by atoms with E-state index in [0.29, 0.717) is 11.5 Å². The number of rotatable bonds is 3. The Morgan fingerprint density at radius 1 is 1.38 bits per heavy atom. The average molecular weight is 199 g/mol. The Kier molecular flexibility index (Phi) is 3.42. The Hall–Kier alpha value is -0.900.